The van der Waals surface area contributed by atoms with Gasteiger partial charge in [0.15, 0.2) is 0 Å². The minimum Gasteiger partial charge on any atom is -0.444 e. The van der Waals surface area contributed by atoms with Crippen molar-refractivity contribution in [2.24, 2.45) is 0 Å². The maximum Gasteiger partial charge on any atom is 0.411 e. The van der Waals surface area contributed by atoms with E-state index in [-0.39, 0.29) is 25.1 Å². The summed E-state index contributed by atoms with van der Waals surface area (Å²) < 4.78 is 5.88. The van der Waals surface area contributed by atoms with Gasteiger partial charge in [-0.2, -0.15) is 0 Å². The Bertz CT molecular complexity index is 1390. The quantitative estimate of drug-likeness (QED) is 0.406. The Morgan fingerprint density at radius 3 is 2.37 bits per heavy atom. The van der Waals surface area contributed by atoms with Crippen LogP contribution in [0, 0.1) is 0 Å². The van der Waals surface area contributed by atoms with Crippen LogP contribution >= 0.6 is 23.2 Å². The second kappa shape index (κ2) is 14.5. The lowest BCUT2D eigenvalue weighted by Crippen LogP contribution is -2.70. The summed E-state index contributed by atoms with van der Waals surface area (Å²) in [6.07, 6.45) is 4.27. The molecule has 0 saturated carbocycles. The molecule has 12 heteroatoms. The number of likely N-dealkylation sites (N-methyl/N-ethyl adjacent to an activating group) is 1. The second-order valence-corrected chi connectivity index (χ2v) is 13.9. The van der Waals surface area contributed by atoms with Crippen molar-refractivity contribution in [1.29, 1.82) is 0 Å². The number of carbonyl (C=O) groups excluding carboxylic acids is 3. The van der Waals surface area contributed by atoms with E-state index in [1.54, 1.807) is 23.1 Å². The first-order valence-electron chi connectivity index (χ1n) is 16.4. The number of aldehydes is 1. The lowest BCUT2D eigenvalue weighted by Gasteiger charge is -2.57. The summed E-state index contributed by atoms with van der Waals surface area (Å²) >= 11 is 12.4. The third kappa shape index (κ3) is 7.16. The molecule has 0 radical (unpaired) electrons. The highest BCUT2D eigenvalue weighted by atomic mass is 35.5. The van der Waals surface area contributed by atoms with Gasteiger partial charge in [-0.05, 0) is 68.1 Å². The fourth-order valence-electron chi connectivity index (χ4n) is 7.85. The van der Waals surface area contributed by atoms with Crippen molar-refractivity contribution >= 4 is 47.3 Å². The van der Waals surface area contributed by atoms with Crippen LogP contribution < -0.4 is 5.32 Å². The van der Waals surface area contributed by atoms with E-state index in [1.165, 1.54) is 0 Å². The molecule has 4 aliphatic rings. The largest absolute Gasteiger partial charge is 0.444 e. The van der Waals surface area contributed by atoms with Crippen LogP contribution in [-0.4, -0.2) is 120 Å². The molecule has 10 nitrogen and oxygen atoms in total. The van der Waals surface area contributed by atoms with Gasteiger partial charge >= 0.3 is 12.1 Å². The Balaban J connectivity index is 1.24. The average Bonchev–Trinajstić information content (AvgIpc) is 3.22. The van der Waals surface area contributed by atoms with Gasteiger partial charge in [0, 0.05) is 93.0 Å². The van der Waals surface area contributed by atoms with Crippen LogP contribution in [0.25, 0.3) is 0 Å². The number of nitrogens with zero attached hydrogens (tertiary/aromatic N) is 5. The summed E-state index contributed by atoms with van der Waals surface area (Å²) in [5.41, 5.74) is 1.71. The molecule has 4 aliphatic heterocycles. The number of likely N-dealkylation sites (tertiary alicyclic amines) is 2. The SMILES string of the molecule is CN1CCN(C2CCN([C@]3(CC=O)C[C@H](N4CCc5ccccc5NC4=O)CCN3C(=O)OCc3cc(Cl)cc(Cl)c3)CC2)CC1. The first-order chi connectivity index (χ1) is 22.3. The molecule has 0 bridgehead atoms. The number of urea groups is 1. The molecular weight excluding hydrogens is 627 g/mol. The molecule has 6 rings (SSSR count). The van der Waals surface area contributed by atoms with Gasteiger partial charge in [0.1, 0.15) is 18.6 Å². The summed E-state index contributed by atoms with van der Waals surface area (Å²) in [6.45, 7) is 6.69. The monoisotopic (exact) mass is 670 g/mol. The third-order valence-electron chi connectivity index (χ3n) is 10.4. The van der Waals surface area contributed by atoms with E-state index in [2.05, 4.69) is 27.1 Å². The van der Waals surface area contributed by atoms with Crippen LogP contribution in [-0.2, 0) is 22.6 Å². The first kappa shape index (κ1) is 33.0. The molecule has 1 N–H and O–H groups in total. The van der Waals surface area contributed by atoms with Crippen LogP contribution in [0.4, 0.5) is 15.3 Å². The number of rotatable bonds is 7. The number of anilines is 1. The van der Waals surface area contributed by atoms with Gasteiger partial charge in [-0.3, -0.25) is 14.7 Å². The molecule has 46 heavy (non-hydrogen) atoms. The first-order valence-corrected chi connectivity index (χ1v) is 17.2. The van der Waals surface area contributed by atoms with Gasteiger partial charge in [-0.15, -0.1) is 0 Å². The Morgan fingerprint density at radius 1 is 0.957 bits per heavy atom. The summed E-state index contributed by atoms with van der Waals surface area (Å²) in [5, 5.41) is 4.04. The average molecular weight is 672 g/mol. The third-order valence-corrected chi connectivity index (χ3v) is 10.8. The molecule has 2 atom stereocenters. The maximum absolute atomic E-state index is 14.0. The number of ether oxygens (including phenoxy) is 1. The van der Waals surface area contributed by atoms with Gasteiger partial charge in [0.05, 0.1) is 0 Å². The molecule has 0 spiro atoms. The van der Waals surface area contributed by atoms with Gasteiger partial charge in [-0.1, -0.05) is 41.4 Å². The number of nitrogens with one attached hydrogen (secondary N) is 1. The summed E-state index contributed by atoms with van der Waals surface area (Å²) in [7, 11) is 2.17. The van der Waals surface area contributed by atoms with E-state index >= 15 is 0 Å². The van der Waals surface area contributed by atoms with Crippen molar-refractivity contribution in [2.75, 3.05) is 64.7 Å². The molecule has 3 saturated heterocycles. The fourth-order valence-corrected chi connectivity index (χ4v) is 8.42. The zero-order chi connectivity index (χ0) is 32.3. The number of hydrogen-bond donors (Lipinski definition) is 1. The van der Waals surface area contributed by atoms with E-state index in [9.17, 15) is 14.4 Å². The van der Waals surface area contributed by atoms with Crippen molar-refractivity contribution in [1.82, 2.24) is 24.5 Å². The Kier molecular flexibility index (Phi) is 10.4. The van der Waals surface area contributed by atoms with Crippen molar-refractivity contribution in [3.05, 3.63) is 63.6 Å². The van der Waals surface area contributed by atoms with Crippen molar-refractivity contribution in [3.8, 4) is 0 Å². The van der Waals surface area contributed by atoms with E-state index in [0.29, 0.717) is 47.6 Å². The van der Waals surface area contributed by atoms with E-state index in [4.69, 9.17) is 27.9 Å². The zero-order valence-corrected chi connectivity index (χ0v) is 28.0. The number of piperazine rings is 1. The standard InChI is InChI=1S/C34H44Cl2N6O4/c1-38-15-17-39(18-16-38)29-7-11-40(12-8-29)34(10-19-43)23-30(41-13-6-26-4-2-3-5-31(26)37-32(41)44)9-14-42(34)33(45)46-24-25-20-27(35)22-28(36)21-25/h2-5,19-22,29-30H,6-18,23-24H2,1H3,(H,37,44)/t30-,34+/m1/s1. The number of carbonyl (C=O) groups is 3. The van der Waals surface area contributed by atoms with Crippen LogP contribution in [0.2, 0.25) is 10.0 Å². The van der Waals surface area contributed by atoms with Crippen molar-refractivity contribution in [3.63, 3.8) is 0 Å². The summed E-state index contributed by atoms with van der Waals surface area (Å²) in [6, 6.07) is 13.2. The van der Waals surface area contributed by atoms with Gasteiger partial charge in [0.25, 0.3) is 0 Å². The molecule has 3 amide bonds. The summed E-state index contributed by atoms with van der Waals surface area (Å²) in [4.78, 5) is 51.0. The minimum atomic E-state index is -0.916. The maximum atomic E-state index is 14.0. The lowest BCUT2D eigenvalue weighted by molar-refractivity contribution is -0.128. The second-order valence-electron chi connectivity index (χ2n) is 13.1. The minimum absolute atomic E-state index is 0.00841. The molecule has 0 aliphatic carbocycles. The van der Waals surface area contributed by atoms with E-state index in [0.717, 1.165) is 76.1 Å². The normalized spacial score (nSPS) is 25.5. The fraction of sp³-hybridized carbons (Fsp3) is 0.559. The number of hydrogen-bond acceptors (Lipinski definition) is 7. The number of halogens is 2. The van der Waals surface area contributed by atoms with Crippen LogP contribution in [0.1, 0.15) is 43.2 Å². The van der Waals surface area contributed by atoms with Crippen molar-refractivity contribution in [2.45, 2.75) is 62.9 Å². The van der Waals surface area contributed by atoms with Gasteiger partial charge < -0.3 is 24.6 Å². The predicted octanol–water partition coefficient (Wildman–Crippen LogP) is 5.18. The molecular formula is C34H44Cl2N6O4. The number of benzene rings is 2. The smallest absolute Gasteiger partial charge is 0.411 e. The number of fused-ring (bicyclic) bond motifs is 1. The Hall–Kier alpha value is -2.89. The molecule has 2 aromatic carbocycles. The molecule has 2 aromatic rings. The predicted molar refractivity (Wildman–Crippen MR) is 179 cm³/mol. The van der Waals surface area contributed by atoms with E-state index < -0.39 is 11.8 Å². The van der Waals surface area contributed by atoms with Crippen LogP contribution in [0.3, 0.4) is 0 Å². The topological polar surface area (TPSA) is 88.7 Å². The Morgan fingerprint density at radius 2 is 1.65 bits per heavy atom. The van der Waals surface area contributed by atoms with E-state index in [1.807, 2.05) is 29.2 Å². The number of piperidine rings is 2. The Labute approximate surface area is 281 Å². The molecule has 248 valence electrons. The highest BCUT2D eigenvalue weighted by Crippen LogP contribution is 2.40. The van der Waals surface area contributed by atoms with Gasteiger partial charge in [0.2, 0.25) is 0 Å². The molecule has 3 fully saturated rings. The zero-order valence-electron chi connectivity index (χ0n) is 26.5. The highest BCUT2D eigenvalue weighted by Gasteiger charge is 2.52. The van der Waals surface area contributed by atoms with Crippen LogP contribution in [0.5, 0.6) is 0 Å². The lowest BCUT2D eigenvalue weighted by atomic mass is 9.84. The molecule has 0 aromatic heterocycles. The number of para-hydroxylation sites is 1. The van der Waals surface area contributed by atoms with Crippen LogP contribution in [0.15, 0.2) is 42.5 Å². The van der Waals surface area contributed by atoms with Gasteiger partial charge in [-0.25, -0.2) is 9.59 Å². The molecule has 4 heterocycles. The van der Waals surface area contributed by atoms with Crippen molar-refractivity contribution < 1.29 is 19.1 Å². The summed E-state index contributed by atoms with van der Waals surface area (Å²) in [5.74, 6) is 0. The highest BCUT2D eigenvalue weighted by molar-refractivity contribution is 6.34. The molecule has 0 unspecified atom stereocenters. The number of amides is 3.